The summed E-state index contributed by atoms with van der Waals surface area (Å²) < 4.78 is 228. The quantitative estimate of drug-likeness (QED) is 0.0317. The maximum Gasteiger partial charge on any atom is 0.302 e. The number of benzene rings is 6. The van der Waals surface area contributed by atoms with Crippen LogP contribution >= 0.6 is 11.6 Å². The van der Waals surface area contributed by atoms with Crippen molar-refractivity contribution in [3.63, 3.8) is 0 Å². The molecule has 3 saturated heterocycles. The molecule has 6 aromatic carbocycles. The van der Waals surface area contributed by atoms with Gasteiger partial charge < -0.3 is 40.7 Å². The van der Waals surface area contributed by atoms with Gasteiger partial charge in [-0.25, -0.2) is 69.2 Å². The number of rotatable bonds is 15. The van der Waals surface area contributed by atoms with Crippen molar-refractivity contribution in [2.75, 3.05) is 55.2 Å². The average molecular weight is 1480 g/mol. The van der Waals surface area contributed by atoms with Crippen LogP contribution in [-0.2, 0) is 55.8 Å². The number of alkyl halides is 1. The molecule has 99 heavy (non-hydrogen) atoms. The van der Waals surface area contributed by atoms with Crippen molar-refractivity contribution < 1.29 is 118 Å². The number of aliphatic hydroxyl groups is 3. The van der Waals surface area contributed by atoms with Gasteiger partial charge in [0.05, 0.1) is 40.8 Å². The van der Waals surface area contributed by atoms with Gasteiger partial charge in [0.1, 0.15) is 46.1 Å². The third-order valence-electron chi connectivity index (χ3n) is 15.3. The number of aliphatic hydroxyl groups excluding tert-OH is 2. The third kappa shape index (κ3) is 20.3. The number of nitrogens with zero attached hydrogens (tertiary/aromatic N) is 3. The zero-order valence-corrected chi connectivity index (χ0v) is 55.5. The van der Waals surface area contributed by atoms with E-state index in [2.05, 4.69) is 16.0 Å². The Morgan fingerprint density at radius 3 is 1.28 bits per heavy atom. The second-order valence-electron chi connectivity index (χ2n) is 23.1. The number of carbonyl (C=O) groups excluding carboxylic acids is 5. The van der Waals surface area contributed by atoms with Crippen molar-refractivity contribution in [1.29, 1.82) is 0 Å². The molecule has 0 saturated carbocycles. The molecule has 1 unspecified atom stereocenters. The predicted octanol–water partition coefficient (Wildman–Crippen LogP) is 9.27. The summed E-state index contributed by atoms with van der Waals surface area (Å²) in [6.45, 7) is 1.62. The van der Waals surface area contributed by atoms with Crippen molar-refractivity contribution in [1.82, 2.24) is 12.9 Å². The lowest BCUT2D eigenvalue weighted by Gasteiger charge is -2.24. The van der Waals surface area contributed by atoms with Gasteiger partial charge in [0.2, 0.25) is 30.1 Å². The third-order valence-corrected chi connectivity index (χ3v) is 21.3. The number of esters is 2. The molecule has 0 aliphatic carbocycles. The topological polar surface area (TPSA) is 313 Å². The Morgan fingerprint density at radius 2 is 0.879 bits per heavy atom. The van der Waals surface area contributed by atoms with E-state index in [1.807, 2.05) is 0 Å². The first-order valence-corrected chi connectivity index (χ1v) is 34.4. The molecule has 0 spiro atoms. The summed E-state index contributed by atoms with van der Waals surface area (Å²) >= 11 is 5.69. The number of sulfonamides is 3. The maximum absolute atomic E-state index is 14.6. The fourth-order valence-corrected chi connectivity index (χ4v) is 15.4. The molecule has 3 amide bonds. The van der Waals surface area contributed by atoms with E-state index >= 15 is 0 Å². The summed E-state index contributed by atoms with van der Waals surface area (Å²) in [5.74, 6) is -16.5. The molecule has 22 nitrogen and oxygen atoms in total. The SMILES string of the molecule is CC(=O)O[C@@H]1CC[C@H](O)CN(S(=O)(=O)c2cc(C(=O)Nc3cc(F)c(F)c(F)c3)ccc2F)C1.CC(=O)O[C@@H]1CC[C@H](O)CN(S(=O)(=O)c2cc(C(=O)Nc3ccc(F)c(Cl)c3)ccc2F)C1.CC1(O)CCCN(S(=O)(=O)c2cc(C(=O)Nc3cc(F)c(F)c(F)c3)ccc2CF)CC1. The first-order valence-electron chi connectivity index (χ1n) is 29.7. The predicted molar refractivity (Wildman–Crippen MR) is 334 cm³/mol. The first kappa shape index (κ1) is 78.2. The highest BCUT2D eigenvalue weighted by molar-refractivity contribution is 7.89. The minimum absolute atomic E-state index is 0.0195. The molecule has 0 bridgehead atoms. The van der Waals surface area contributed by atoms with E-state index in [4.69, 9.17) is 21.1 Å². The monoisotopic (exact) mass is 1480 g/mol. The van der Waals surface area contributed by atoms with Gasteiger partial charge in [0.15, 0.2) is 34.9 Å². The lowest BCUT2D eigenvalue weighted by Crippen LogP contribution is -2.40. The molecule has 3 heterocycles. The van der Waals surface area contributed by atoms with Gasteiger partial charge in [0, 0.05) is 104 Å². The summed E-state index contributed by atoms with van der Waals surface area (Å²) in [4.78, 5) is 58.1. The van der Waals surface area contributed by atoms with Crippen LogP contribution in [0, 0.1) is 52.4 Å². The fraction of sp³-hybridized carbons (Fsp3) is 0.349. The van der Waals surface area contributed by atoms with Crippen molar-refractivity contribution in [3.8, 4) is 0 Å². The highest BCUT2D eigenvalue weighted by Crippen LogP contribution is 2.32. The molecular formula is C63H63ClF10N6O16S3. The highest BCUT2D eigenvalue weighted by Gasteiger charge is 2.38. The average Bonchev–Trinajstić information content (AvgIpc) is 1.69. The Hall–Kier alpha value is -8.13. The van der Waals surface area contributed by atoms with Crippen LogP contribution in [0.1, 0.15) is 102 Å². The molecule has 3 aliphatic heterocycles. The molecule has 536 valence electrons. The summed E-state index contributed by atoms with van der Waals surface area (Å²) in [5.41, 5.74) is -2.60. The van der Waals surface area contributed by atoms with Gasteiger partial charge in [0.25, 0.3) is 17.7 Å². The Bertz CT molecular complexity index is 4370. The van der Waals surface area contributed by atoms with Crippen molar-refractivity contribution in [3.05, 3.63) is 177 Å². The normalized spacial score (nSPS) is 19.6. The van der Waals surface area contributed by atoms with Gasteiger partial charge >= 0.3 is 11.9 Å². The Labute approximate surface area is 565 Å². The van der Waals surface area contributed by atoms with Gasteiger partial charge in [-0.15, -0.1) is 0 Å². The number of anilines is 3. The molecule has 0 aromatic heterocycles. The second kappa shape index (κ2) is 32.9. The number of ether oxygens (including phenoxy) is 2. The van der Waals surface area contributed by atoms with Crippen LogP contribution in [0.5, 0.6) is 0 Å². The first-order chi connectivity index (χ1) is 46.3. The van der Waals surface area contributed by atoms with Crippen LogP contribution < -0.4 is 16.0 Å². The second-order valence-corrected chi connectivity index (χ2v) is 29.2. The Kier molecular flexibility index (Phi) is 26.0. The highest BCUT2D eigenvalue weighted by atomic mass is 35.5. The van der Waals surface area contributed by atoms with Gasteiger partial charge in [-0.2, -0.15) is 12.9 Å². The van der Waals surface area contributed by atoms with Crippen LogP contribution in [0.4, 0.5) is 61.0 Å². The summed E-state index contributed by atoms with van der Waals surface area (Å²) in [5, 5.41) is 36.8. The van der Waals surface area contributed by atoms with Gasteiger partial charge in [-0.1, -0.05) is 17.7 Å². The zero-order valence-electron chi connectivity index (χ0n) is 52.3. The van der Waals surface area contributed by atoms with Crippen LogP contribution in [-0.4, -0.2) is 152 Å². The number of nitrogens with one attached hydrogen (secondary N) is 3. The largest absolute Gasteiger partial charge is 0.461 e. The van der Waals surface area contributed by atoms with Crippen LogP contribution in [0.2, 0.25) is 5.02 Å². The number of carbonyl (C=O) groups is 5. The van der Waals surface area contributed by atoms with Crippen molar-refractivity contribution >= 4 is 88.4 Å². The Balaban J connectivity index is 0.000000209. The number of β-amino-alcohol motifs (C(OH)–C–C–N with tert-alkyl or cyclic N) is 2. The van der Waals surface area contributed by atoms with Crippen LogP contribution in [0.25, 0.3) is 0 Å². The summed E-state index contributed by atoms with van der Waals surface area (Å²) in [6.07, 6.45) is -2.09. The van der Waals surface area contributed by atoms with E-state index in [1.165, 1.54) is 25.1 Å². The molecule has 3 aliphatic rings. The number of hydrogen-bond acceptors (Lipinski definition) is 16. The fourth-order valence-electron chi connectivity index (χ4n) is 10.3. The van der Waals surface area contributed by atoms with Crippen molar-refractivity contribution in [2.24, 2.45) is 0 Å². The maximum atomic E-state index is 14.6. The van der Waals surface area contributed by atoms with Gasteiger partial charge in [-0.05, 0) is 119 Å². The molecule has 0 radical (unpaired) electrons. The minimum Gasteiger partial charge on any atom is -0.461 e. The lowest BCUT2D eigenvalue weighted by molar-refractivity contribution is -0.147. The Morgan fingerprint density at radius 1 is 0.495 bits per heavy atom. The summed E-state index contributed by atoms with van der Waals surface area (Å²) in [7, 11) is -13.3. The zero-order chi connectivity index (χ0) is 73.2. The van der Waals surface area contributed by atoms with Crippen molar-refractivity contribution in [2.45, 2.75) is 117 Å². The number of halogens is 11. The number of amides is 3. The standard InChI is InChI=1S/C21H21ClF2N2O6S.C21H20F4N2O6S.C21H22F4N2O4S/c1-12(27)32-16-5-4-15(28)10-26(11-16)33(30,31)20-8-13(2-6-19(20)24)21(29)25-14-3-7-18(23)17(22)9-14;1-11(28)33-15-4-3-14(29)9-27(10-15)34(31,32)19-6-12(2-5-16(19)22)21(30)26-13-7-17(23)20(25)18(24)8-13;1-21(29)5-2-7-27(8-6-21)32(30,31)18-9-13(3-4-14(18)12-22)20(28)26-15-10-16(23)19(25)17(24)11-15/h2-3,6-9,15-16,28H,4-5,10-11H2,1H3,(H,25,29);2,5-8,14-15,29H,3-4,9-10H2,1H3,(H,26,30);3-4,9-11,29H,2,5-8,12H2,1H3,(H,26,28)/t15-,16+;14-,15+;/m00./s1. The number of hydrogen-bond donors (Lipinski definition) is 6. The molecule has 9 rings (SSSR count). The van der Waals surface area contributed by atoms with E-state index in [0.29, 0.717) is 49.2 Å². The van der Waals surface area contributed by atoms with Gasteiger partial charge in [-0.3, -0.25) is 24.0 Å². The molecular weight excluding hydrogens is 1420 g/mol. The molecule has 6 N–H and O–H groups in total. The van der Waals surface area contributed by atoms with Crippen LogP contribution in [0.3, 0.4) is 0 Å². The van der Waals surface area contributed by atoms with Crippen LogP contribution in [0.15, 0.2) is 112 Å². The van der Waals surface area contributed by atoms with E-state index in [0.717, 1.165) is 62.3 Å². The van der Waals surface area contributed by atoms with E-state index in [1.54, 1.807) is 6.92 Å². The molecule has 36 heteroatoms. The van der Waals surface area contributed by atoms with E-state index in [-0.39, 0.29) is 103 Å². The lowest BCUT2D eigenvalue weighted by atomic mass is 9.98. The minimum atomic E-state index is -4.61. The molecule has 5 atom stereocenters. The smallest absolute Gasteiger partial charge is 0.302 e. The van der Waals surface area contributed by atoms with E-state index < -0.39 is 176 Å². The molecule has 6 aromatic rings. The van der Waals surface area contributed by atoms with E-state index in [9.17, 15) is 108 Å². The molecule has 3 fully saturated rings. The summed E-state index contributed by atoms with van der Waals surface area (Å²) in [6, 6.07) is 14.1.